The van der Waals surface area contributed by atoms with Crippen LogP contribution in [0.3, 0.4) is 0 Å². The lowest BCUT2D eigenvalue weighted by atomic mass is 10.0. The standard InChI is InChI=1S/C16H24FNOS2/c1-5-18-16(15-9-20-10(2)11(3)21-15)12-6-7-14(19-4)13(17)8-12/h6-8,10-11,15-16,18H,5,9H2,1-4H3. The Labute approximate surface area is 135 Å². The second-order valence-corrected chi connectivity index (χ2v) is 8.38. The van der Waals surface area contributed by atoms with Crippen molar-refractivity contribution in [3.05, 3.63) is 29.6 Å². The summed E-state index contributed by atoms with van der Waals surface area (Å²) in [6.07, 6.45) is 0. The Balaban J connectivity index is 2.20. The molecule has 0 radical (unpaired) electrons. The minimum absolute atomic E-state index is 0.183. The number of benzene rings is 1. The van der Waals surface area contributed by atoms with E-state index in [4.69, 9.17) is 4.74 Å². The highest BCUT2D eigenvalue weighted by atomic mass is 32.2. The molecule has 21 heavy (non-hydrogen) atoms. The number of ether oxygens (including phenoxy) is 1. The largest absolute Gasteiger partial charge is 0.494 e. The average molecular weight is 330 g/mol. The lowest BCUT2D eigenvalue weighted by Crippen LogP contribution is -2.37. The zero-order chi connectivity index (χ0) is 15.4. The van der Waals surface area contributed by atoms with Gasteiger partial charge in [0.2, 0.25) is 0 Å². The Hall–Kier alpha value is -0.390. The molecule has 2 nitrogen and oxygen atoms in total. The molecule has 0 bridgehead atoms. The maximum Gasteiger partial charge on any atom is 0.165 e. The van der Waals surface area contributed by atoms with Crippen LogP contribution in [0.2, 0.25) is 0 Å². The molecule has 4 atom stereocenters. The van der Waals surface area contributed by atoms with E-state index in [0.717, 1.165) is 17.9 Å². The van der Waals surface area contributed by atoms with Gasteiger partial charge in [0, 0.05) is 27.5 Å². The Morgan fingerprint density at radius 3 is 2.71 bits per heavy atom. The summed E-state index contributed by atoms with van der Waals surface area (Å²) in [5.41, 5.74) is 1.01. The molecule has 0 aliphatic carbocycles. The van der Waals surface area contributed by atoms with Crippen LogP contribution in [-0.4, -0.2) is 35.2 Å². The normalized spacial score (nSPS) is 27.4. The van der Waals surface area contributed by atoms with E-state index in [-0.39, 0.29) is 11.9 Å². The van der Waals surface area contributed by atoms with Gasteiger partial charge in [0.1, 0.15) is 0 Å². The van der Waals surface area contributed by atoms with E-state index in [9.17, 15) is 4.39 Å². The average Bonchev–Trinajstić information content (AvgIpc) is 2.48. The highest BCUT2D eigenvalue weighted by Crippen LogP contribution is 2.41. The number of hydrogen-bond donors (Lipinski definition) is 1. The summed E-state index contributed by atoms with van der Waals surface area (Å²) in [4.78, 5) is 0. The molecule has 1 aliphatic rings. The molecule has 118 valence electrons. The van der Waals surface area contributed by atoms with Gasteiger partial charge >= 0.3 is 0 Å². The summed E-state index contributed by atoms with van der Waals surface area (Å²) in [7, 11) is 1.50. The minimum Gasteiger partial charge on any atom is -0.494 e. The summed E-state index contributed by atoms with van der Waals surface area (Å²) < 4.78 is 19.0. The predicted molar refractivity (Wildman–Crippen MR) is 92.1 cm³/mol. The molecule has 0 amide bonds. The van der Waals surface area contributed by atoms with Gasteiger partial charge in [-0.25, -0.2) is 4.39 Å². The number of hydrogen-bond acceptors (Lipinski definition) is 4. The highest BCUT2D eigenvalue weighted by molar-refractivity contribution is 8.07. The van der Waals surface area contributed by atoms with Crippen molar-refractivity contribution in [2.24, 2.45) is 0 Å². The fraction of sp³-hybridized carbons (Fsp3) is 0.625. The Bertz CT molecular complexity index is 472. The van der Waals surface area contributed by atoms with Crippen molar-refractivity contribution in [2.75, 3.05) is 19.4 Å². The first-order chi connectivity index (χ1) is 10.1. The van der Waals surface area contributed by atoms with Crippen molar-refractivity contribution < 1.29 is 9.13 Å². The molecule has 0 spiro atoms. The molecule has 1 fully saturated rings. The maximum absolute atomic E-state index is 14.0. The summed E-state index contributed by atoms with van der Waals surface area (Å²) in [5.74, 6) is 1.12. The molecule has 0 saturated carbocycles. The highest BCUT2D eigenvalue weighted by Gasteiger charge is 2.32. The molecular weight excluding hydrogens is 305 g/mol. The van der Waals surface area contributed by atoms with Crippen LogP contribution in [0.25, 0.3) is 0 Å². The van der Waals surface area contributed by atoms with E-state index in [1.165, 1.54) is 7.11 Å². The predicted octanol–water partition coefficient (Wildman–Crippen LogP) is 4.11. The number of nitrogens with one attached hydrogen (secondary N) is 1. The Morgan fingerprint density at radius 2 is 2.14 bits per heavy atom. The van der Waals surface area contributed by atoms with Crippen LogP contribution in [0.5, 0.6) is 5.75 Å². The van der Waals surface area contributed by atoms with E-state index >= 15 is 0 Å². The van der Waals surface area contributed by atoms with Crippen LogP contribution in [-0.2, 0) is 0 Å². The number of rotatable bonds is 5. The van der Waals surface area contributed by atoms with E-state index in [1.54, 1.807) is 12.1 Å². The van der Waals surface area contributed by atoms with Crippen LogP contribution in [0.1, 0.15) is 32.4 Å². The third-order valence-corrected chi connectivity index (χ3v) is 7.40. The first-order valence-electron chi connectivity index (χ1n) is 7.40. The topological polar surface area (TPSA) is 21.3 Å². The molecule has 1 aliphatic heterocycles. The van der Waals surface area contributed by atoms with Gasteiger partial charge in [0.25, 0.3) is 0 Å². The van der Waals surface area contributed by atoms with Crippen molar-refractivity contribution >= 4 is 23.5 Å². The second kappa shape index (κ2) is 7.75. The maximum atomic E-state index is 14.0. The summed E-state index contributed by atoms with van der Waals surface area (Å²) in [6, 6.07) is 5.49. The molecule has 1 heterocycles. The van der Waals surface area contributed by atoms with Gasteiger partial charge in [0.15, 0.2) is 11.6 Å². The van der Waals surface area contributed by atoms with Crippen LogP contribution in [0.15, 0.2) is 18.2 Å². The molecule has 4 unspecified atom stereocenters. The summed E-state index contributed by atoms with van der Waals surface area (Å²) in [6.45, 7) is 7.55. The zero-order valence-electron chi connectivity index (χ0n) is 13.1. The molecule has 2 rings (SSSR count). The Kier molecular flexibility index (Phi) is 6.26. The van der Waals surface area contributed by atoms with Gasteiger partial charge in [-0.05, 0) is 24.2 Å². The summed E-state index contributed by atoms with van der Waals surface area (Å²) >= 11 is 4.03. The molecule has 1 N–H and O–H groups in total. The van der Waals surface area contributed by atoms with Crippen molar-refractivity contribution in [3.8, 4) is 5.75 Å². The van der Waals surface area contributed by atoms with Gasteiger partial charge in [-0.15, -0.1) is 0 Å². The summed E-state index contributed by atoms with van der Waals surface area (Å²) in [5, 5.41) is 5.30. The molecule has 1 saturated heterocycles. The molecule has 0 aromatic heterocycles. The smallest absolute Gasteiger partial charge is 0.165 e. The Morgan fingerprint density at radius 1 is 1.38 bits per heavy atom. The van der Waals surface area contributed by atoms with Crippen molar-refractivity contribution in [2.45, 2.75) is 42.6 Å². The second-order valence-electron chi connectivity index (χ2n) is 5.35. The van der Waals surface area contributed by atoms with Gasteiger partial charge < -0.3 is 10.1 Å². The monoisotopic (exact) mass is 329 g/mol. The lowest BCUT2D eigenvalue weighted by molar-refractivity contribution is 0.385. The van der Waals surface area contributed by atoms with E-state index in [1.807, 2.05) is 29.6 Å². The van der Waals surface area contributed by atoms with Gasteiger partial charge in [0.05, 0.1) is 7.11 Å². The van der Waals surface area contributed by atoms with Crippen LogP contribution >= 0.6 is 23.5 Å². The number of methoxy groups -OCH3 is 1. The lowest BCUT2D eigenvalue weighted by Gasteiger charge is -2.36. The fourth-order valence-corrected chi connectivity index (χ4v) is 5.66. The molecule has 5 heteroatoms. The van der Waals surface area contributed by atoms with E-state index in [2.05, 4.69) is 26.1 Å². The van der Waals surface area contributed by atoms with Crippen molar-refractivity contribution in [3.63, 3.8) is 0 Å². The van der Waals surface area contributed by atoms with Crippen LogP contribution in [0.4, 0.5) is 4.39 Å². The SMILES string of the molecule is CCNC(c1ccc(OC)c(F)c1)C1CSC(C)C(C)S1. The van der Waals surface area contributed by atoms with Gasteiger partial charge in [-0.1, -0.05) is 26.8 Å². The number of halogens is 1. The third kappa shape index (κ3) is 4.08. The molecular formula is C16H24FNOS2. The van der Waals surface area contributed by atoms with Gasteiger partial charge in [-0.3, -0.25) is 0 Å². The number of thioether (sulfide) groups is 2. The van der Waals surface area contributed by atoms with Crippen molar-refractivity contribution in [1.29, 1.82) is 0 Å². The third-order valence-electron chi connectivity index (χ3n) is 3.90. The van der Waals surface area contributed by atoms with Crippen LogP contribution < -0.4 is 10.1 Å². The molecule has 1 aromatic carbocycles. The fourth-order valence-electron chi connectivity index (χ4n) is 2.54. The van der Waals surface area contributed by atoms with E-state index in [0.29, 0.717) is 21.5 Å². The minimum atomic E-state index is -0.284. The zero-order valence-corrected chi connectivity index (χ0v) is 14.7. The van der Waals surface area contributed by atoms with Gasteiger partial charge in [-0.2, -0.15) is 23.5 Å². The van der Waals surface area contributed by atoms with E-state index < -0.39 is 0 Å². The first kappa shape index (κ1) is 17.0. The quantitative estimate of drug-likeness (QED) is 0.877. The first-order valence-corrected chi connectivity index (χ1v) is 9.39. The molecule has 1 aromatic rings. The van der Waals surface area contributed by atoms with Crippen molar-refractivity contribution in [1.82, 2.24) is 5.32 Å². The van der Waals surface area contributed by atoms with Crippen LogP contribution in [0, 0.1) is 5.82 Å².